The second kappa shape index (κ2) is 11.2. The van der Waals surface area contributed by atoms with Crippen LogP contribution in [0.1, 0.15) is 68.2 Å². The van der Waals surface area contributed by atoms with Crippen molar-refractivity contribution in [1.82, 2.24) is 9.55 Å². The minimum atomic E-state index is -2.78. The Morgan fingerprint density at radius 3 is 2.35 bits per heavy atom. The maximum absolute atomic E-state index is 14.0. The van der Waals surface area contributed by atoms with E-state index in [2.05, 4.69) is 16.0 Å². The molecule has 10 heteroatoms. The molecule has 5 rings (SSSR count). The molecule has 0 aliphatic heterocycles. The number of rotatable bonds is 7. The summed E-state index contributed by atoms with van der Waals surface area (Å²) in [6.07, 6.45) is 3.30. The van der Waals surface area contributed by atoms with Crippen LogP contribution in [0.3, 0.4) is 0 Å². The first-order valence-corrected chi connectivity index (χ1v) is 13.6. The van der Waals surface area contributed by atoms with Gasteiger partial charge in [0.05, 0.1) is 11.2 Å². The third-order valence-electron chi connectivity index (χ3n) is 8.66. The Hall–Kier alpha value is -4.05. The van der Waals surface area contributed by atoms with Crippen LogP contribution in [0.25, 0.3) is 11.0 Å². The van der Waals surface area contributed by atoms with Crippen LogP contribution in [0, 0.1) is 34.4 Å². The predicted molar refractivity (Wildman–Crippen MR) is 147 cm³/mol. The number of halogens is 3. The molecule has 0 radical (unpaired) electrons. The van der Waals surface area contributed by atoms with Crippen LogP contribution < -0.4 is 15.4 Å². The Morgan fingerprint density at radius 1 is 1.05 bits per heavy atom. The number of aryl methyl sites for hydroxylation is 1. The zero-order chi connectivity index (χ0) is 28.6. The van der Waals surface area contributed by atoms with E-state index in [1.54, 1.807) is 19.2 Å². The van der Waals surface area contributed by atoms with E-state index in [0.717, 1.165) is 25.3 Å². The molecule has 0 atom stereocenters. The van der Waals surface area contributed by atoms with Gasteiger partial charge in [-0.15, -0.1) is 0 Å². The van der Waals surface area contributed by atoms with Gasteiger partial charge in [0.15, 0.2) is 0 Å². The monoisotopic (exact) mass is 548 g/mol. The molecule has 0 N–H and O–H groups in total. The molecule has 0 bridgehead atoms. The summed E-state index contributed by atoms with van der Waals surface area (Å²) in [4.78, 5) is 21.5. The summed E-state index contributed by atoms with van der Waals surface area (Å²) in [6, 6.07) is 10.9. The van der Waals surface area contributed by atoms with Gasteiger partial charge in [0, 0.05) is 44.0 Å². The number of fused-ring (bicyclic) bond motifs is 1. The van der Waals surface area contributed by atoms with Crippen molar-refractivity contribution in [2.75, 3.05) is 23.4 Å². The highest BCUT2D eigenvalue weighted by Gasteiger charge is 2.34. The van der Waals surface area contributed by atoms with Crippen LogP contribution in [0.15, 0.2) is 35.1 Å². The van der Waals surface area contributed by atoms with Crippen LogP contribution in [-0.4, -0.2) is 35.2 Å². The third-order valence-corrected chi connectivity index (χ3v) is 8.66. The lowest BCUT2D eigenvalue weighted by Crippen LogP contribution is -2.46. The standard InChI is InChI=1S/C30H31F3N6O/c1-37(28-24(16-35)30(40)38(2)26-13-7-20(15-34)36-27(26)28)21-8-10-22(11-9-21)39(17-18-4-3-5-18)25-12-6-19(31)14-23(25)29(32)33/h6-7,12-14,18,21-22,29H,3-5,8-11,17H2,1-2H3/t21-,22-. The molecular formula is C30H31F3N6O. The minimum absolute atomic E-state index is 0.00681. The van der Waals surface area contributed by atoms with Gasteiger partial charge in [-0.3, -0.25) is 4.79 Å². The summed E-state index contributed by atoms with van der Waals surface area (Å²) >= 11 is 0. The number of alkyl halides is 2. The molecule has 0 unspecified atom stereocenters. The normalized spacial score (nSPS) is 19.2. The van der Waals surface area contributed by atoms with Crippen molar-refractivity contribution in [2.45, 2.75) is 63.5 Å². The van der Waals surface area contributed by atoms with Crippen molar-refractivity contribution < 1.29 is 13.2 Å². The molecule has 0 saturated heterocycles. The summed E-state index contributed by atoms with van der Waals surface area (Å²) in [6.45, 7) is 0.662. The van der Waals surface area contributed by atoms with E-state index >= 15 is 0 Å². The van der Waals surface area contributed by atoms with Gasteiger partial charge in [-0.1, -0.05) is 6.42 Å². The summed E-state index contributed by atoms with van der Waals surface area (Å²) in [5.41, 5.74) is 1.21. The van der Waals surface area contributed by atoms with Crippen molar-refractivity contribution in [2.24, 2.45) is 13.0 Å². The lowest BCUT2D eigenvalue weighted by atomic mass is 9.83. The molecule has 0 spiro atoms. The number of anilines is 2. The zero-order valence-corrected chi connectivity index (χ0v) is 22.6. The van der Waals surface area contributed by atoms with E-state index in [4.69, 9.17) is 0 Å². The summed E-state index contributed by atoms with van der Waals surface area (Å²) in [7, 11) is 3.41. The molecule has 40 heavy (non-hydrogen) atoms. The third kappa shape index (κ3) is 4.99. The highest BCUT2D eigenvalue weighted by molar-refractivity contribution is 5.92. The molecule has 208 valence electrons. The molecule has 3 aromatic rings. The summed E-state index contributed by atoms with van der Waals surface area (Å²) < 4.78 is 43.2. The van der Waals surface area contributed by atoms with Gasteiger partial charge in [0.2, 0.25) is 0 Å². The Balaban J connectivity index is 1.45. The van der Waals surface area contributed by atoms with Crippen LogP contribution in [-0.2, 0) is 7.05 Å². The highest BCUT2D eigenvalue weighted by Crippen LogP contribution is 2.39. The van der Waals surface area contributed by atoms with E-state index < -0.39 is 17.8 Å². The SMILES string of the molecule is Cn1c(=O)c(C#N)c(N(C)[C@H]2CC[C@H](N(CC3CCC3)c3ccc(F)cc3C(F)F)CC2)c2nc(C#N)ccc21. The molecule has 2 saturated carbocycles. The first kappa shape index (κ1) is 27.5. The maximum atomic E-state index is 14.0. The molecule has 2 heterocycles. The van der Waals surface area contributed by atoms with Crippen molar-refractivity contribution >= 4 is 22.4 Å². The number of benzene rings is 1. The van der Waals surface area contributed by atoms with Gasteiger partial charge in [0.1, 0.15) is 34.7 Å². The van der Waals surface area contributed by atoms with Crippen molar-refractivity contribution in [3.8, 4) is 12.1 Å². The number of aromatic nitrogens is 2. The average molecular weight is 549 g/mol. The molecule has 2 aliphatic rings. The Kier molecular flexibility index (Phi) is 7.71. The average Bonchev–Trinajstić information content (AvgIpc) is 2.94. The van der Waals surface area contributed by atoms with E-state index in [9.17, 15) is 28.5 Å². The molecule has 1 aromatic carbocycles. The first-order valence-electron chi connectivity index (χ1n) is 13.6. The Morgan fingerprint density at radius 2 is 1.75 bits per heavy atom. The smallest absolute Gasteiger partial charge is 0.270 e. The summed E-state index contributed by atoms with van der Waals surface area (Å²) in [5, 5.41) is 19.3. The van der Waals surface area contributed by atoms with E-state index in [1.165, 1.54) is 16.7 Å². The maximum Gasteiger partial charge on any atom is 0.270 e. The number of pyridine rings is 2. The van der Waals surface area contributed by atoms with E-state index in [0.29, 0.717) is 60.6 Å². The summed E-state index contributed by atoms with van der Waals surface area (Å²) in [5.74, 6) is -0.239. The zero-order valence-electron chi connectivity index (χ0n) is 22.6. The minimum Gasteiger partial charge on any atom is -0.369 e. The molecular weight excluding hydrogens is 517 g/mol. The second-order valence-electron chi connectivity index (χ2n) is 10.9. The Bertz CT molecular complexity index is 1560. The van der Waals surface area contributed by atoms with Gasteiger partial charge in [-0.05, 0) is 74.8 Å². The number of nitrogens with zero attached hydrogens (tertiary/aromatic N) is 6. The molecule has 2 aromatic heterocycles. The van der Waals surface area contributed by atoms with E-state index in [1.807, 2.05) is 18.0 Å². The van der Waals surface area contributed by atoms with Crippen LogP contribution in [0.2, 0.25) is 0 Å². The van der Waals surface area contributed by atoms with Crippen molar-refractivity contribution in [1.29, 1.82) is 10.5 Å². The van der Waals surface area contributed by atoms with Gasteiger partial charge in [-0.25, -0.2) is 18.2 Å². The fraction of sp³-hybridized carbons (Fsp3) is 0.467. The quantitative estimate of drug-likeness (QED) is 0.370. The van der Waals surface area contributed by atoms with E-state index in [-0.39, 0.29) is 28.9 Å². The van der Waals surface area contributed by atoms with Gasteiger partial charge in [0.25, 0.3) is 12.0 Å². The fourth-order valence-electron chi connectivity index (χ4n) is 6.20. The largest absolute Gasteiger partial charge is 0.369 e. The van der Waals surface area contributed by atoms with Crippen LogP contribution in [0.4, 0.5) is 24.5 Å². The first-order chi connectivity index (χ1) is 19.2. The lowest BCUT2D eigenvalue weighted by molar-refractivity contribution is 0.151. The molecule has 2 fully saturated rings. The predicted octanol–water partition coefficient (Wildman–Crippen LogP) is 5.81. The van der Waals surface area contributed by atoms with Gasteiger partial charge < -0.3 is 14.4 Å². The van der Waals surface area contributed by atoms with Gasteiger partial charge in [-0.2, -0.15) is 10.5 Å². The van der Waals surface area contributed by atoms with Crippen LogP contribution in [0.5, 0.6) is 0 Å². The van der Waals surface area contributed by atoms with Crippen LogP contribution >= 0.6 is 0 Å². The van der Waals surface area contributed by atoms with Crippen molar-refractivity contribution in [3.05, 3.63) is 63.3 Å². The highest BCUT2D eigenvalue weighted by atomic mass is 19.3. The number of hydrogen-bond donors (Lipinski definition) is 0. The topological polar surface area (TPSA) is 88.9 Å². The number of hydrogen-bond acceptors (Lipinski definition) is 6. The molecule has 7 nitrogen and oxygen atoms in total. The van der Waals surface area contributed by atoms with Crippen molar-refractivity contribution in [3.63, 3.8) is 0 Å². The van der Waals surface area contributed by atoms with Gasteiger partial charge >= 0.3 is 0 Å². The molecule has 2 aliphatic carbocycles. The molecule has 0 amide bonds. The Labute approximate surface area is 231 Å². The number of nitriles is 2. The fourth-order valence-corrected chi connectivity index (χ4v) is 6.20. The second-order valence-corrected chi connectivity index (χ2v) is 10.9. The lowest BCUT2D eigenvalue weighted by Gasteiger charge is -2.44.